The van der Waals surface area contributed by atoms with Gasteiger partial charge in [-0.05, 0) is 78.0 Å². The summed E-state index contributed by atoms with van der Waals surface area (Å²) in [7, 11) is 1.90. The van der Waals surface area contributed by atoms with Crippen molar-refractivity contribution >= 4 is 39.4 Å². The van der Waals surface area contributed by atoms with Crippen molar-refractivity contribution in [1.29, 1.82) is 0 Å². The fourth-order valence-electron chi connectivity index (χ4n) is 3.33. The van der Waals surface area contributed by atoms with Crippen molar-refractivity contribution in [2.45, 2.75) is 36.9 Å². The van der Waals surface area contributed by atoms with E-state index in [-0.39, 0.29) is 11.7 Å². The van der Waals surface area contributed by atoms with E-state index in [9.17, 15) is 4.79 Å². The van der Waals surface area contributed by atoms with E-state index in [1.807, 2.05) is 41.9 Å². The molecule has 9 heteroatoms. The third-order valence-corrected chi connectivity index (χ3v) is 6.37. The highest BCUT2D eigenvalue weighted by molar-refractivity contribution is 9.10. The highest BCUT2D eigenvalue weighted by Crippen LogP contribution is 2.27. The van der Waals surface area contributed by atoms with Crippen LogP contribution in [0.2, 0.25) is 0 Å². The Morgan fingerprint density at radius 2 is 1.97 bits per heavy atom. The Bertz CT molecular complexity index is 1000. The Morgan fingerprint density at radius 1 is 1.20 bits per heavy atom. The van der Waals surface area contributed by atoms with Crippen molar-refractivity contribution in [3.8, 4) is 17.1 Å². The van der Waals surface area contributed by atoms with E-state index in [1.54, 1.807) is 12.3 Å². The molecule has 1 fully saturated rings. The quantitative estimate of drug-likeness (QED) is 0.486. The van der Waals surface area contributed by atoms with Gasteiger partial charge in [0.05, 0.1) is 11.9 Å². The second-order valence-electron chi connectivity index (χ2n) is 7.11. The van der Waals surface area contributed by atoms with Crippen LogP contribution in [0.25, 0.3) is 11.4 Å². The first-order valence-electron chi connectivity index (χ1n) is 9.79. The van der Waals surface area contributed by atoms with Gasteiger partial charge in [0, 0.05) is 23.3 Å². The Balaban J connectivity index is 1.35. The molecule has 0 spiro atoms. The number of anilines is 1. The lowest BCUT2D eigenvalue weighted by Crippen LogP contribution is -2.15. The molecule has 1 aromatic carbocycles. The summed E-state index contributed by atoms with van der Waals surface area (Å²) >= 11 is 4.65. The number of hydrogen-bond donors (Lipinski definition) is 1. The third-order valence-electron chi connectivity index (χ3n) is 4.88. The highest BCUT2D eigenvalue weighted by Gasteiger charge is 2.17. The number of pyridine rings is 1. The van der Waals surface area contributed by atoms with Gasteiger partial charge in [0.25, 0.3) is 0 Å². The lowest BCUT2D eigenvalue weighted by molar-refractivity contribution is -0.113. The molecule has 7 nitrogen and oxygen atoms in total. The predicted octanol–water partition coefficient (Wildman–Crippen LogP) is 4.69. The number of hydrogen-bond acceptors (Lipinski definition) is 6. The van der Waals surface area contributed by atoms with E-state index in [1.165, 1.54) is 24.6 Å². The highest BCUT2D eigenvalue weighted by atomic mass is 79.9. The van der Waals surface area contributed by atoms with Gasteiger partial charge in [0.15, 0.2) is 11.0 Å². The van der Waals surface area contributed by atoms with E-state index in [4.69, 9.17) is 4.74 Å². The molecule has 0 atom stereocenters. The zero-order valence-corrected chi connectivity index (χ0v) is 18.9. The van der Waals surface area contributed by atoms with Crippen LogP contribution in [-0.2, 0) is 11.8 Å². The topological polar surface area (TPSA) is 81.9 Å². The van der Waals surface area contributed by atoms with Crippen molar-refractivity contribution in [3.63, 3.8) is 0 Å². The molecular formula is C21H22BrN5O2S. The zero-order chi connectivity index (χ0) is 20.9. The van der Waals surface area contributed by atoms with E-state index >= 15 is 0 Å². The fourth-order valence-corrected chi connectivity index (χ4v) is 4.28. The molecule has 1 saturated carbocycles. The minimum Gasteiger partial charge on any atom is -0.490 e. The normalized spacial score (nSPS) is 14.1. The van der Waals surface area contributed by atoms with Crippen LogP contribution < -0.4 is 10.1 Å². The Kier molecular flexibility index (Phi) is 6.69. The smallest absolute Gasteiger partial charge is 0.236 e. The van der Waals surface area contributed by atoms with E-state index < -0.39 is 0 Å². The molecule has 1 aliphatic carbocycles. The van der Waals surface area contributed by atoms with Crippen LogP contribution in [-0.4, -0.2) is 37.5 Å². The summed E-state index contributed by atoms with van der Waals surface area (Å²) in [5, 5.41) is 12.0. The number of thioether (sulfide) groups is 1. The van der Waals surface area contributed by atoms with Gasteiger partial charge in [-0.25, -0.2) is 4.98 Å². The predicted molar refractivity (Wildman–Crippen MR) is 121 cm³/mol. The van der Waals surface area contributed by atoms with Crippen molar-refractivity contribution in [1.82, 2.24) is 19.7 Å². The summed E-state index contributed by atoms with van der Waals surface area (Å²) < 4.78 is 8.78. The number of aromatic nitrogens is 4. The molecule has 1 amide bonds. The molecule has 4 rings (SSSR count). The van der Waals surface area contributed by atoms with Crippen LogP contribution in [0.3, 0.4) is 0 Å². The third kappa shape index (κ3) is 5.20. The number of nitrogens with one attached hydrogen (secondary N) is 1. The first-order chi connectivity index (χ1) is 14.6. The summed E-state index contributed by atoms with van der Waals surface area (Å²) in [5.74, 6) is 2.23. The molecule has 30 heavy (non-hydrogen) atoms. The Hall–Kier alpha value is -2.39. The van der Waals surface area contributed by atoms with Gasteiger partial charge in [-0.1, -0.05) is 11.8 Å². The van der Waals surface area contributed by atoms with Gasteiger partial charge in [-0.15, -0.1) is 10.2 Å². The van der Waals surface area contributed by atoms with Gasteiger partial charge < -0.3 is 14.6 Å². The first kappa shape index (κ1) is 20.9. The minimum absolute atomic E-state index is 0.146. The summed E-state index contributed by atoms with van der Waals surface area (Å²) in [5.41, 5.74) is 0.958. The number of ether oxygens (including phenoxy) is 1. The summed E-state index contributed by atoms with van der Waals surface area (Å²) in [4.78, 5) is 16.3. The molecule has 1 N–H and O–H groups in total. The molecule has 0 aliphatic heterocycles. The average molecular weight is 488 g/mol. The second-order valence-corrected chi connectivity index (χ2v) is 8.97. The Morgan fingerprint density at radius 3 is 2.67 bits per heavy atom. The van der Waals surface area contributed by atoms with Crippen molar-refractivity contribution < 1.29 is 9.53 Å². The number of carbonyl (C=O) groups excluding carboxylic acids is 1. The van der Waals surface area contributed by atoms with Crippen LogP contribution in [0.15, 0.2) is 52.2 Å². The largest absolute Gasteiger partial charge is 0.490 e. The lowest BCUT2D eigenvalue weighted by Gasteiger charge is -2.13. The first-order valence-corrected chi connectivity index (χ1v) is 11.6. The van der Waals surface area contributed by atoms with Crippen molar-refractivity contribution in [2.24, 2.45) is 7.05 Å². The van der Waals surface area contributed by atoms with Crippen LogP contribution in [0.5, 0.6) is 5.75 Å². The number of carbonyl (C=O) groups is 1. The molecular weight excluding hydrogens is 466 g/mol. The second kappa shape index (κ2) is 9.61. The maximum absolute atomic E-state index is 12.2. The number of amides is 1. The van der Waals surface area contributed by atoms with Crippen molar-refractivity contribution in [3.05, 3.63) is 47.1 Å². The van der Waals surface area contributed by atoms with Gasteiger partial charge in [0.1, 0.15) is 11.6 Å². The lowest BCUT2D eigenvalue weighted by atomic mass is 10.2. The Labute approximate surface area is 187 Å². The molecule has 2 heterocycles. The van der Waals surface area contributed by atoms with Gasteiger partial charge in [-0.3, -0.25) is 4.79 Å². The van der Waals surface area contributed by atoms with Gasteiger partial charge >= 0.3 is 0 Å². The summed E-state index contributed by atoms with van der Waals surface area (Å²) in [6.07, 6.45) is 6.75. The van der Waals surface area contributed by atoms with E-state index in [0.29, 0.717) is 17.1 Å². The number of rotatable bonds is 7. The zero-order valence-electron chi connectivity index (χ0n) is 16.5. The number of nitrogens with zero attached hydrogens (tertiary/aromatic N) is 4. The number of halogens is 1. The molecule has 3 aromatic rings. The summed E-state index contributed by atoms with van der Waals surface area (Å²) in [6, 6.07) is 11.5. The van der Waals surface area contributed by atoms with Crippen LogP contribution >= 0.6 is 27.7 Å². The molecule has 1 aliphatic rings. The summed E-state index contributed by atoms with van der Waals surface area (Å²) in [6.45, 7) is 0. The maximum atomic E-state index is 12.2. The van der Waals surface area contributed by atoms with E-state index in [2.05, 4.69) is 36.4 Å². The molecule has 0 radical (unpaired) electrons. The van der Waals surface area contributed by atoms with Crippen LogP contribution in [0.1, 0.15) is 25.7 Å². The van der Waals surface area contributed by atoms with Gasteiger partial charge in [-0.2, -0.15) is 0 Å². The minimum atomic E-state index is -0.146. The molecule has 0 unspecified atom stereocenters. The maximum Gasteiger partial charge on any atom is 0.236 e. The molecule has 0 saturated heterocycles. The monoisotopic (exact) mass is 487 g/mol. The SMILES string of the molecule is Cn1c(SCC(=O)Nc2ccc(Br)cn2)nnc1-c1ccc(OC2CCCC2)cc1. The van der Waals surface area contributed by atoms with E-state index in [0.717, 1.165) is 34.5 Å². The molecule has 0 bridgehead atoms. The number of benzene rings is 1. The fraction of sp³-hybridized carbons (Fsp3) is 0.333. The molecule has 2 aromatic heterocycles. The average Bonchev–Trinajstić information content (AvgIpc) is 3.39. The standard InChI is InChI=1S/C21H22BrN5O2S/c1-27-20(14-6-9-17(10-7-14)29-16-4-2-3-5-16)25-26-21(27)30-13-19(28)24-18-11-8-15(22)12-23-18/h6-12,16H,2-5,13H2,1H3,(H,23,24,28). The van der Waals surface area contributed by atoms with Crippen LogP contribution in [0.4, 0.5) is 5.82 Å². The van der Waals surface area contributed by atoms with Crippen molar-refractivity contribution in [2.75, 3.05) is 11.1 Å². The van der Waals surface area contributed by atoms with Gasteiger partial charge in [0.2, 0.25) is 5.91 Å². The van der Waals surface area contributed by atoms with Crippen LogP contribution in [0, 0.1) is 0 Å². The molecule has 156 valence electrons.